The van der Waals surface area contributed by atoms with Crippen LogP contribution in [-0.2, 0) is 11.3 Å². The minimum atomic E-state index is -0.427. The normalized spacial score (nSPS) is 26.3. The second-order valence-corrected chi connectivity index (χ2v) is 7.31. The quantitative estimate of drug-likeness (QED) is 0.841. The zero-order chi connectivity index (χ0) is 18.0. The van der Waals surface area contributed by atoms with E-state index in [1.807, 2.05) is 13.0 Å². The first-order valence-electron chi connectivity index (χ1n) is 9.18. The van der Waals surface area contributed by atoms with Crippen LogP contribution >= 0.6 is 0 Å². The lowest BCUT2D eigenvalue weighted by Gasteiger charge is -2.39. The minimum Gasteiger partial charge on any atom is -0.470 e. The maximum Gasteiger partial charge on any atom is 0.250 e. The van der Waals surface area contributed by atoms with Crippen molar-refractivity contribution in [3.63, 3.8) is 0 Å². The van der Waals surface area contributed by atoms with Gasteiger partial charge in [-0.3, -0.25) is 9.88 Å². The zero-order valence-corrected chi connectivity index (χ0v) is 15.0. The molecule has 0 unspecified atom stereocenters. The van der Waals surface area contributed by atoms with E-state index >= 15 is 0 Å². The molecule has 0 saturated carbocycles. The van der Waals surface area contributed by atoms with Crippen LogP contribution in [0.5, 0.6) is 5.88 Å². The van der Waals surface area contributed by atoms with Crippen LogP contribution in [0.1, 0.15) is 30.7 Å². The fourth-order valence-electron chi connectivity index (χ4n) is 4.02. The van der Waals surface area contributed by atoms with Gasteiger partial charge in [-0.15, -0.1) is 0 Å². The van der Waals surface area contributed by atoms with Crippen LogP contribution in [0.2, 0.25) is 0 Å². The molecule has 1 spiro atoms. The monoisotopic (exact) mass is 357 g/mol. The molecule has 0 aliphatic carbocycles. The summed E-state index contributed by atoms with van der Waals surface area (Å²) in [6, 6.07) is 9.06. The lowest BCUT2D eigenvalue weighted by atomic mass is 9.89. The molecule has 5 nitrogen and oxygen atoms in total. The van der Waals surface area contributed by atoms with Crippen molar-refractivity contribution in [1.29, 1.82) is 0 Å². The van der Waals surface area contributed by atoms with Crippen molar-refractivity contribution in [2.24, 2.45) is 0 Å². The first kappa shape index (κ1) is 17.4. The number of nitrogens with zero attached hydrogens (tertiary/aromatic N) is 3. The Morgan fingerprint density at radius 3 is 3.12 bits per heavy atom. The molecule has 2 atom stereocenters. The number of aryl methyl sites for hydroxylation is 1. The summed E-state index contributed by atoms with van der Waals surface area (Å²) in [6.07, 6.45) is 4.24. The van der Waals surface area contributed by atoms with Gasteiger partial charge in [-0.05, 0) is 50.6 Å². The number of hydrogen-bond donors (Lipinski definition) is 0. The molecule has 26 heavy (non-hydrogen) atoms. The van der Waals surface area contributed by atoms with Gasteiger partial charge in [-0.25, -0.2) is 9.37 Å². The molecular weight excluding hydrogens is 333 g/mol. The van der Waals surface area contributed by atoms with E-state index < -0.39 is 5.82 Å². The smallest absolute Gasteiger partial charge is 0.250 e. The lowest BCUT2D eigenvalue weighted by molar-refractivity contribution is -0.0541. The summed E-state index contributed by atoms with van der Waals surface area (Å²) < 4.78 is 25.7. The van der Waals surface area contributed by atoms with Gasteiger partial charge in [0.25, 0.3) is 5.88 Å². The summed E-state index contributed by atoms with van der Waals surface area (Å²) in [4.78, 5) is 11.0. The second kappa shape index (κ2) is 7.29. The number of hydrogen-bond acceptors (Lipinski definition) is 5. The molecule has 2 aliphatic rings. The summed E-state index contributed by atoms with van der Waals surface area (Å²) in [5.41, 5.74) is 1.92. The molecule has 6 heteroatoms. The molecule has 4 heterocycles. The van der Waals surface area contributed by atoms with Crippen LogP contribution in [0.4, 0.5) is 4.39 Å². The van der Waals surface area contributed by atoms with E-state index in [9.17, 15) is 4.39 Å². The third-order valence-corrected chi connectivity index (χ3v) is 5.13. The highest BCUT2D eigenvalue weighted by atomic mass is 19.1. The Kier molecular flexibility index (Phi) is 4.87. The number of pyridine rings is 2. The minimum absolute atomic E-state index is 0.0646. The Morgan fingerprint density at radius 1 is 1.35 bits per heavy atom. The van der Waals surface area contributed by atoms with Gasteiger partial charge in [0, 0.05) is 31.4 Å². The number of likely N-dealkylation sites (tertiary alicyclic amines) is 1. The molecule has 0 aromatic carbocycles. The number of rotatable bonds is 4. The Bertz CT molecular complexity index is 772. The van der Waals surface area contributed by atoms with Gasteiger partial charge >= 0.3 is 0 Å². The van der Waals surface area contributed by atoms with Gasteiger partial charge in [0.15, 0.2) is 5.82 Å². The Labute approximate surface area is 153 Å². The van der Waals surface area contributed by atoms with Crippen LogP contribution in [0.25, 0.3) is 0 Å². The second-order valence-electron chi connectivity index (χ2n) is 7.31. The highest BCUT2D eigenvalue weighted by molar-refractivity contribution is 5.14. The van der Waals surface area contributed by atoms with Crippen LogP contribution in [0.3, 0.4) is 0 Å². The Hall–Kier alpha value is -2.05. The predicted molar refractivity (Wildman–Crippen MR) is 95.4 cm³/mol. The largest absolute Gasteiger partial charge is 0.470 e. The van der Waals surface area contributed by atoms with Gasteiger partial charge < -0.3 is 9.47 Å². The third-order valence-electron chi connectivity index (χ3n) is 5.13. The summed E-state index contributed by atoms with van der Waals surface area (Å²) in [5.74, 6) is -0.362. The molecule has 4 rings (SSSR count). The summed E-state index contributed by atoms with van der Waals surface area (Å²) in [6.45, 7) is 5.22. The van der Waals surface area contributed by atoms with E-state index in [1.165, 1.54) is 6.07 Å². The van der Waals surface area contributed by atoms with Crippen molar-refractivity contribution in [3.8, 4) is 5.88 Å². The fourth-order valence-corrected chi connectivity index (χ4v) is 4.02. The van der Waals surface area contributed by atoms with Crippen LogP contribution in [0.15, 0.2) is 36.5 Å². The highest BCUT2D eigenvalue weighted by Crippen LogP contribution is 2.36. The fraction of sp³-hybridized carbons (Fsp3) is 0.500. The van der Waals surface area contributed by atoms with E-state index in [1.54, 1.807) is 12.3 Å². The van der Waals surface area contributed by atoms with Crippen molar-refractivity contribution >= 4 is 0 Å². The van der Waals surface area contributed by atoms with E-state index in [-0.39, 0.29) is 17.6 Å². The Morgan fingerprint density at radius 2 is 2.27 bits per heavy atom. The molecule has 0 N–H and O–H groups in total. The zero-order valence-electron chi connectivity index (χ0n) is 15.0. The summed E-state index contributed by atoms with van der Waals surface area (Å²) >= 11 is 0. The van der Waals surface area contributed by atoms with Crippen LogP contribution in [-0.4, -0.2) is 46.3 Å². The van der Waals surface area contributed by atoms with Crippen molar-refractivity contribution in [1.82, 2.24) is 14.9 Å². The van der Waals surface area contributed by atoms with Gasteiger partial charge in [-0.2, -0.15) is 0 Å². The lowest BCUT2D eigenvalue weighted by Crippen LogP contribution is -2.47. The van der Waals surface area contributed by atoms with Crippen molar-refractivity contribution in [3.05, 3.63) is 53.7 Å². The van der Waals surface area contributed by atoms with E-state index in [0.717, 1.165) is 50.3 Å². The van der Waals surface area contributed by atoms with Gasteiger partial charge in [0.1, 0.15) is 6.10 Å². The molecular formula is C20H24FN3O2. The molecule has 2 fully saturated rings. The number of halogens is 1. The van der Waals surface area contributed by atoms with Crippen molar-refractivity contribution in [2.45, 2.75) is 44.4 Å². The van der Waals surface area contributed by atoms with Crippen molar-refractivity contribution in [2.75, 3.05) is 19.7 Å². The summed E-state index contributed by atoms with van der Waals surface area (Å²) in [5, 5.41) is 0. The van der Waals surface area contributed by atoms with Crippen LogP contribution in [0, 0.1) is 12.7 Å². The SMILES string of the molecule is Cc1cccc(CN2CCC[C@]3(C[C@@H](Oc4ncccc4F)CO3)C2)n1. The maximum atomic E-state index is 13.8. The first-order chi connectivity index (χ1) is 12.6. The van der Waals surface area contributed by atoms with Gasteiger partial charge in [0.2, 0.25) is 0 Å². The van der Waals surface area contributed by atoms with E-state index in [4.69, 9.17) is 9.47 Å². The number of aromatic nitrogens is 2. The molecule has 0 radical (unpaired) electrons. The Balaban J connectivity index is 1.38. The molecule has 2 aliphatic heterocycles. The van der Waals surface area contributed by atoms with Gasteiger partial charge in [0.05, 0.1) is 17.9 Å². The van der Waals surface area contributed by atoms with E-state index in [0.29, 0.717) is 6.61 Å². The molecule has 0 bridgehead atoms. The molecule has 0 amide bonds. The van der Waals surface area contributed by atoms with Crippen molar-refractivity contribution < 1.29 is 13.9 Å². The first-order valence-corrected chi connectivity index (χ1v) is 9.18. The maximum absolute atomic E-state index is 13.8. The van der Waals surface area contributed by atoms with E-state index in [2.05, 4.69) is 27.0 Å². The van der Waals surface area contributed by atoms with Gasteiger partial charge in [-0.1, -0.05) is 6.07 Å². The number of ether oxygens (including phenoxy) is 2. The van der Waals surface area contributed by atoms with Crippen LogP contribution < -0.4 is 4.74 Å². The molecule has 138 valence electrons. The average Bonchev–Trinajstić information content (AvgIpc) is 2.99. The topological polar surface area (TPSA) is 47.5 Å². The highest BCUT2D eigenvalue weighted by Gasteiger charge is 2.44. The average molecular weight is 357 g/mol. The molecule has 2 aromatic rings. The molecule has 2 saturated heterocycles. The standard InChI is InChI=1S/C20H24FN3O2/c1-15-5-2-6-16(23-15)12-24-10-4-8-20(14-24)11-17(13-25-20)26-19-18(21)7-3-9-22-19/h2-3,5-7,9,17H,4,8,10-14H2,1H3/t17-,20+/m1/s1. The molecule has 2 aromatic heterocycles. The predicted octanol–water partition coefficient (Wildman–Crippen LogP) is 3.13. The summed E-state index contributed by atoms with van der Waals surface area (Å²) in [7, 11) is 0. The third kappa shape index (κ3) is 3.86. The number of piperidine rings is 1.